The van der Waals surface area contributed by atoms with Gasteiger partial charge in [0.25, 0.3) is 0 Å². The maximum atomic E-state index is 13.1. The molecule has 1 aromatic carbocycles. The number of carbonyl (C=O) groups is 1. The van der Waals surface area contributed by atoms with Crippen LogP contribution in [0.25, 0.3) is 0 Å². The second-order valence-corrected chi connectivity index (χ2v) is 6.40. The fourth-order valence-corrected chi connectivity index (χ4v) is 3.22. The molecule has 0 spiro atoms. The average Bonchev–Trinajstić information content (AvgIpc) is 3.20. The molecule has 3 rings (SSSR count). The standard InChI is InChI=1S/C18H23FN4O2/c1-13-9-15(14-3-5-16(19)6-4-14)11-23(13)18(24)21-17-10-20-22(12-17)7-8-25-2/h3-6,10,12-13,15H,7-9,11H2,1-2H3,(H,21,24). The van der Waals surface area contributed by atoms with Gasteiger partial charge in [0.2, 0.25) is 0 Å². The SMILES string of the molecule is COCCn1cc(NC(=O)N2CC(c3ccc(F)cc3)CC2C)cn1. The highest BCUT2D eigenvalue weighted by molar-refractivity contribution is 5.89. The molecular formula is C18H23FN4O2. The second kappa shape index (κ2) is 7.65. The third-order valence-corrected chi connectivity index (χ3v) is 4.59. The van der Waals surface area contributed by atoms with E-state index < -0.39 is 0 Å². The molecule has 1 aliphatic rings. The van der Waals surface area contributed by atoms with Crippen molar-refractivity contribution in [3.63, 3.8) is 0 Å². The summed E-state index contributed by atoms with van der Waals surface area (Å²) >= 11 is 0. The molecule has 0 saturated carbocycles. The van der Waals surface area contributed by atoms with Crippen LogP contribution in [0.2, 0.25) is 0 Å². The smallest absolute Gasteiger partial charge is 0.322 e. The van der Waals surface area contributed by atoms with E-state index in [2.05, 4.69) is 10.4 Å². The maximum absolute atomic E-state index is 13.1. The van der Waals surface area contributed by atoms with Crippen LogP contribution in [0, 0.1) is 5.82 Å². The number of aromatic nitrogens is 2. The Morgan fingerprint density at radius 1 is 1.40 bits per heavy atom. The normalized spacial score (nSPS) is 20.0. The highest BCUT2D eigenvalue weighted by atomic mass is 19.1. The van der Waals surface area contributed by atoms with Gasteiger partial charge in [-0.25, -0.2) is 9.18 Å². The van der Waals surface area contributed by atoms with E-state index >= 15 is 0 Å². The van der Waals surface area contributed by atoms with Gasteiger partial charge in [-0.05, 0) is 31.0 Å². The summed E-state index contributed by atoms with van der Waals surface area (Å²) in [5.41, 5.74) is 1.73. The fourth-order valence-electron chi connectivity index (χ4n) is 3.22. The quantitative estimate of drug-likeness (QED) is 0.905. The number of ether oxygens (including phenoxy) is 1. The van der Waals surface area contributed by atoms with Crippen molar-refractivity contribution < 1.29 is 13.9 Å². The summed E-state index contributed by atoms with van der Waals surface area (Å²) in [6.45, 7) is 3.86. The van der Waals surface area contributed by atoms with Gasteiger partial charge in [0.1, 0.15) is 5.82 Å². The van der Waals surface area contributed by atoms with Gasteiger partial charge in [0.15, 0.2) is 0 Å². The van der Waals surface area contributed by atoms with Gasteiger partial charge in [0.05, 0.1) is 25.0 Å². The van der Waals surface area contributed by atoms with E-state index in [0.717, 1.165) is 12.0 Å². The van der Waals surface area contributed by atoms with Crippen molar-refractivity contribution in [2.75, 3.05) is 25.6 Å². The van der Waals surface area contributed by atoms with E-state index in [4.69, 9.17) is 4.74 Å². The lowest BCUT2D eigenvalue weighted by molar-refractivity contribution is 0.183. The van der Waals surface area contributed by atoms with Gasteiger partial charge in [-0.15, -0.1) is 0 Å². The molecule has 0 bridgehead atoms. The molecule has 6 nitrogen and oxygen atoms in total. The lowest BCUT2D eigenvalue weighted by atomic mass is 9.97. The molecule has 1 aliphatic heterocycles. The monoisotopic (exact) mass is 346 g/mol. The van der Waals surface area contributed by atoms with Gasteiger partial charge in [-0.1, -0.05) is 12.1 Å². The number of urea groups is 1. The van der Waals surface area contributed by atoms with Crippen LogP contribution in [-0.4, -0.2) is 47.0 Å². The predicted molar refractivity (Wildman–Crippen MR) is 93.0 cm³/mol. The van der Waals surface area contributed by atoms with E-state index in [1.807, 2.05) is 11.8 Å². The summed E-state index contributed by atoms with van der Waals surface area (Å²) in [6, 6.07) is 6.53. The molecule has 2 atom stereocenters. The molecule has 1 saturated heterocycles. The number of carbonyl (C=O) groups excluding carboxylic acids is 1. The van der Waals surface area contributed by atoms with Crippen molar-refractivity contribution in [2.45, 2.75) is 31.8 Å². The minimum Gasteiger partial charge on any atom is -0.383 e. The zero-order valence-electron chi connectivity index (χ0n) is 14.5. The van der Waals surface area contributed by atoms with E-state index in [0.29, 0.717) is 25.4 Å². The molecule has 25 heavy (non-hydrogen) atoms. The van der Waals surface area contributed by atoms with Crippen LogP contribution in [0.4, 0.5) is 14.9 Å². The molecule has 7 heteroatoms. The largest absolute Gasteiger partial charge is 0.383 e. The molecule has 134 valence electrons. The molecular weight excluding hydrogens is 323 g/mol. The topological polar surface area (TPSA) is 59.4 Å². The van der Waals surface area contributed by atoms with Gasteiger partial charge in [-0.2, -0.15) is 5.10 Å². The van der Waals surface area contributed by atoms with Crippen LogP contribution in [0.3, 0.4) is 0 Å². The third-order valence-electron chi connectivity index (χ3n) is 4.59. The number of hydrogen-bond acceptors (Lipinski definition) is 3. The molecule has 1 N–H and O–H groups in total. The Kier molecular flexibility index (Phi) is 5.33. The first-order valence-corrected chi connectivity index (χ1v) is 8.41. The summed E-state index contributed by atoms with van der Waals surface area (Å²) in [4.78, 5) is 14.4. The van der Waals surface area contributed by atoms with Crippen LogP contribution < -0.4 is 5.32 Å². The van der Waals surface area contributed by atoms with Crippen molar-refractivity contribution in [2.24, 2.45) is 0 Å². The van der Waals surface area contributed by atoms with Crippen molar-refractivity contribution >= 4 is 11.7 Å². The van der Waals surface area contributed by atoms with Crippen molar-refractivity contribution in [3.05, 3.63) is 48.0 Å². The Labute approximate surface area is 146 Å². The molecule has 2 heterocycles. The minimum atomic E-state index is -0.241. The zero-order chi connectivity index (χ0) is 17.8. The first-order chi connectivity index (χ1) is 12.1. The number of methoxy groups -OCH3 is 1. The Morgan fingerprint density at radius 2 is 2.16 bits per heavy atom. The van der Waals surface area contributed by atoms with E-state index in [9.17, 15) is 9.18 Å². The van der Waals surface area contributed by atoms with Crippen molar-refractivity contribution in [3.8, 4) is 0 Å². The highest BCUT2D eigenvalue weighted by Gasteiger charge is 2.33. The fraction of sp³-hybridized carbons (Fsp3) is 0.444. The summed E-state index contributed by atoms with van der Waals surface area (Å²) in [7, 11) is 1.64. The Morgan fingerprint density at radius 3 is 2.88 bits per heavy atom. The molecule has 1 aromatic heterocycles. The second-order valence-electron chi connectivity index (χ2n) is 6.40. The highest BCUT2D eigenvalue weighted by Crippen LogP contribution is 2.32. The molecule has 2 amide bonds. The number of nitrogens with one attached hydrogen (secondary N) is 1. The van der Waals surface area contributed by atoms with Crippen LogP contribution in [-0.2, 0) is 11.3 Å². The Bertz CT molecular complexity index is 716. The number of hydrogen-bond donors (Lipinski definition) is 1. The van der Waals surface area contributed by atoms with Crippen molar-refractivity contribution in [1.82, 2.24) is 14.7 Å². The van der Waals surface area contributed by atoms with E-state index in [-0.39, 0.29) is 23.8 Å². The first-order valence-electron chi connectivity index (χ1n) is 8.41. The molecule has 2 aromatic rings. The number of benzene rings is 1. The Hall–Kier alpha value is -2.41. The molecule has 1 fully saturated rings. The van der Waals surface area contributed by atoms with Crippen LogP contribution >= 0.6 is 0 Å². The van der Waals surface area contributed by atoms with Crippen LogP contribution in [0.15, 0.2) is 36.7 Å². The van der Waals surface area contributed by atoms with Crippen LogP contribution in [0.1, 0.15) is 24.8 Å². The summed E-state index contributed by atoms with van der Waals surface area (Å²) in [5.74, 6) is -0.0133. The lowest BCUT2D eigenvalue weighted by Crippen LogP contribution is -2.37. The number of amides is 2. The predicted octanol–water partition coefficient (Wildman–Crippen LogP) is 3.08. The first kappa shape index (κ1) is 17.4. The lowest BCUT2D eigenvalue weighted by Gasteiger charge is -2.21. The molecule has 0 radical (unpaired) electrons. The van der Waals surface area contributed by atoms with Gasteiger partial charge in [-0.3, -0.25) is 4.68 Å². The molecule has 2 unspecified atom stereocenters. The number of halogens is 1. The summed E-state index contributed by atoms with van der Waals surface area (Å²) in [6.07, 6.45) is 4.28. The maximum Gasteiger partial charge on any atom is 0.322 e. The van der Waals surface area contributed by atoms with Crippen LogP contribution in [0.5, 0.6) is 0 Å². The number of nitrogens with zero attached hydrogens (tertiary/aromatic N) is 3. The third kappa shape index (κ3) is 4.17. The average molecular weight is 346 g/mol. The Balaban J connectivity index is 1.60. The van der Waals surface area contributed by atoms with Gasteiger partial charge in [0, 0.05) is 31.8 Å². The minimum absolute atomic E-state index is 0.124. The van der Waals surface area contributed by atoms with Gasteiger partial charge < -0.3 is 15.0 Å². The number of rotatable bonds is 5. The summed E-state index contributed by atoms with van der Waals surface area (Å²) in [5, 5.41) is 7.09. The zero-order valence-corrected chi connectivity index (χ0v) is 14.5. The summed E-state index contributed by atoms with van der Waals surface area (Å²) < 4.78 is 19.8. The number of anilines is 1. The number of likely N-dealkylation sites (tertiary alicyclic amines) is 1. The van der Waals surface area contributed by atoms with Crippen molar-refractivity contribution in [1.29, 1.82) is 0 Å². The molecule has 0 aliphatic carbocycles. The van der Waals surface area contributed by atoms with Gasteiger partial charge >= 0.3 is 6.03 Å². The van der Waals surface area contributed by atoms with E-state index in [1.54, 1.807) is 36.3 Å². The van der Waals surface area contributed by atoms with E-state index in [1.165, 1.54) is 12.1 Å².